The Hall–Kier alpha value is -2.73. The molecule has 0 aliphatic carbocycles. The van der Waals surface area contributed by atoms with Crippen molar-refractivity contribution in [3.63, 3.8) is 0 Å². The van der Waals surface area contributed by atoms with Gasteiger partial charge in [0, 0.05) is 5.02 Å². The van der Waals surface area contributed by atoms with Crippen LogP contribution in [0.1, 0.15) is 13.8 Å². The molecule has 6 nitrogen and oxygen atoms in total. The number of halogens is 1. The summed E-state index contributed by atoms with van der Waals surface area (Å²) in [5.74, 6) is -0.137. The second-order valence-electron chi connectivity index (χ2n) is 5.30. The minimum Gasteiger partial charge on any atom is -0.492 e. The molecule has 1 unspecified atom stereocenters. The predicted octanol–water partition coefficient (Wildman–Crippen LogP) is 3.69. The fourth-order valence-corrected chi connectivity index (χ4v) is 2.25. The third kappa shape index (κ3) is 5.97. The molecule has 2 aromatic rings. The highest BCUT2D eigenvalue weighted by Gasteiger charge is 2.19. The quantitative estimate of drug-likeness (QED) is 0.710. The van der Waals surface area contributed by atoms with Gasteiger partial charge in [0.15, 0.2) is 12.7 Å². The molecular weight excluding hydrogens is 358 g/mol. The summed E-state index contributed by atoms with van der Waals surface area (Å²) in [6.07, 6.45) is -0.986. The molecule has 0 spiro atoms. The van der Waals surface area contributed by atoms with E-state index in [-0.39, 0.29) is 6.61 Å². The van der Waals surface area contributed by atoms with E-state index in [1.54, 1.807) is 48.5 Å². The summed E-state index contributed by atoms with van der Waals surface area (Å²) >= 11 is 5.84. The fraction of sp³-hybridized carbons (Fsp3) is 0.263. The molecule has 7 heteroatoms. The van der Waals surface area contributed by atoms with Crippen LogP contribution >= 0.6 is 11.6 Å². The summed E-state index contributed by atoms with van der Waals surface area (Å²) in [7, 11) is 0. The lowest BCUT2D eigenvalue weighted by Gasteiger charge is -2.15. The monoisotopic (exact) mass is 377 g/mol. The van der Waals surface area contributed by atoms with Gasteiger partial charge in [-0.05, 0) is 44.2 Å². The number of para-hydroxylation sites is 2. The summed E-state index contributed by atoms with van der Waals surface area (Å²) < 4.78 is 15.8. The van der Waals surface area contributed by atoms with E-state index >= 15 is 0 Å². The molecule has 2 aromatic carbocycles. The van der Waals surface area contributed by atoms with Crippen molar-refractivity contribution in [3.05, 3.63) is 53.6 Å². The Balaban J connectivity index is 1.85. The zero-order valence-corrected chi connectivity index (χ0v) is 15.3. The molecule has 2 rings (SSSR count). The van der Waals surface area contributed by atoms with Crippen molar-refractivity contribution >= 4 is 29.2 Å². The molecule has 0 radical (unpaired) electrons. The maximum atomic E-state index is 12.2. The molecule has 1 N–H and O–H groups in total. The molecule has 0 heterocycles. The first-order valence-electron chi connectivity index (χ1n) is 8.10. The molecule has 0 saturated carbocycles. The van der Waals surface area contributed by atoms with Crippen LogP contribution in [0.5, 0.6) is 11.5 Å². The van der Waals surface area contributed by atoms with Gasteiger partial charge in [0.2, 0.25) is 0 Å². The van der Waals surface area contributed by atoms with Gasteiger partial charge in [-0.3, -0.25) is 4.79 Å². The van der Waals surface area contributed by atoms with Gasteiger partial charge >= 0.3 is 5.97 Å². The van der Waals surface area contributed by atoms with Crippen molar-refractivity contribution in [3.8, 4) is 11.5 Å². The first-order chi connectivity index (χ1) is 12.5. The van der Waals surface area contributed by atoms with Gasteiger partial charge in [-0.2, -0.15) is 0 Å². The van der Waals surface area contributed by atoms with E-state index < -0.39 is 18.0 Å². The predicted molar refractivity (Wildman–Crippen MR) is 98.7 cm³/mol. The van der Waals surface area contributed by atoms with E-state index in [4.69, 9.17) is 25.8 Å². The average Bonchev–Trinajstić information content (AvgIpc) is 2.62. The third-order valence-electron chi connectivity index (χ3n) is 3.27. The topological polar surface area (TPSA) is 73.9 Å². The van der Waals surface area contributed by atoms with Gasteiger partial charge < -0.3 is 19.5 Å². The Morgan fingerprint density at radius 3 is 2.62 bits per heavy atom. The van der Waals surface area contributed by atoms with Crippen molar-refractivity contribution in [1.29, 1.82) is 0 Å². The van der Waals surface area contributed by atoms with E-state index in [0.717, 1.165) is 0 Å². The van der Waals surface area contributed by atoms with E-state index in [1.807, 2.05) is 6.92 Å². The van der Waals surface area contributed by atoms with Gasteiger partial charge in [0.25, 0.3) is 5.91 Å². The van der Waals surface area contributed by atoms with Crippen LogP contribution in [0.2, 0.25) is 5.02 Å². The van der Waals surface area contributed by atoms with E-state index in [9.17, 15) is 9.59 Å². The highest BCUT2D eigenvalue weighted by Crippen LogP contribution is 2.24. The number of benzene rings is 2. The number of esters is 1. The first-order valence-corrected chi connectivity index (χ1v) is 8.48. The summed E-state index contributed by atoms with van der Waals surface area (Å²) in [4.78, 5) is 24.1. The lowest BCUT2D eigenvalue weighted by atomic mass is 10.2. The normalized spacial score (nSPS) is 11.3. The van der Waals surface area contributed by atoms with Crippen LogP contribution in [0.4, 0.5) is 5.69 Å². The van der Waals surface area contributed by atoms with Gasteiger partial charge in [0.05, 0.1) is 12.3 Å². The Kier molecular flexibility index (Phi) is 7.29. The minimum absolute atomic E-state index is 0.326. The van der Waals surface area contributed by atoms with Crippen LogP contribution in [0.25, 0.3) is 0 Å². The minimum atomic E-state index is -0.986. The standard InChI is InChI=1S/C19H20ClNO5/c1-3-24-17-10-5-4-9-16(17)21-19(23)13(2)26-18(22)12-25-15-8-6-7-14(20)11-15/h4-11,13H,3,12H2,1-2H3,(H,21,23). The van der Waals surface area contributed by atoms with Crippen LogP contribution in [-0.4, -0.2) is 31.2 Å². The van der Waals surface area contributed by atoms with Crippen LogP contribution < -0.4 is 14.8 Å². The number of carbonyl (C=O) groups is 2. The fourth-order valence-electron chi connectivity index (χ4n) is 2.07. The highest BCUT2D eigenvalue weighted by molar-refractivity contribution is 6.30. The molecule has 138 valence electrons. The van der Waals surface area contributed by atoms with Gasteiger partial charge in [-0.25, -0.2) is 4.79 Å². The van der Waals surface area contributed by atoms with E-state index in [1.165, 1.54) is 6.92 Å². The van der Waals surface area contributed by atoms with Crippen molar-refractivity contribution in [1.82, 2.24) is 0 Å². The number of ether oxygens (including phenoxy) is 3. The van der Waals surface area contributed by atoms with Gasteiger partial charge in [0.1, 0.15) is 11.5 Å². The molecule has 0 fully saturated rings. The molecular formula is C19H20ClNO5. The third-order valence-corrected chi connectivity index (χ3v) is 3.51. The number of hydrogen-bond acceptors (Lipinski definition) is 5. The number of anilines is 1. The van der Waals surface area contributed by atoms with Crippen LogP contribution in [0.3, 0.4) is 0 Å². The molecule has 1 amide bonds. The number of amides is 1. The second kappa shape index (κ2) is 9.68. The average molecular weight is 378 g/mol. The Bertz CT molecular complexity index is 765. The van der Waals surface area contributed by atoms with Crippen molar-refractivity contribution in [2.75, 3.05) is 18.5 Å². The molecule has 1 atom stereocenters. The van der Waals surface area contributed by atoms with Crippen LogP contribution in [-0.2, 0) is 14.3 Å². The van der Waals surface area contributed by atoms with E-state index in [0.29, 0.717) is 28.8 Å². The SMILES string of the molecule is CCOc1ccccc1NC(=O)C(C)OC(=O)COc1cccc(Cl)c1. The maximum Gasteiger partial charge on any atom is 0.344 e. The zero-order valence-electron chi connectivity index (χ0n) is 14.5. The summed E-state index contributed by atoms with van der Waals surface area (Å²) in [5, 5.41) is 3.18. The van der Waals surface area contributed by atoms with Crippen LogP contribution in [0, 0.1) is 0 Å². The number of rotatable bonds is 8. The van der Waals surface area contributed by atoms with Crippen molar-refractivity contribution in [2.45, 2.75) is 20.0 Å². The lowest BCUT2D eigenvalue weighted by Crippen LogP contribution is -2.31. The lowest BCUT2D eigenvalue weighted by molar-refractivity contribution is -0.155. The summed E-state index contributed by atoms with van der Waals surface area (Å²) in [6.45, 7) is 3.48. The zero-order chi connectivity index (χ0) is 18.9. The van der Waals surface area contributed by atoms with E-state index in [2.05, 4.69) is 5.32 Å². The number of nitrogens with one attached hydrogen (secondary N) is 1. The molecule has 0 saturated heterocycles. The summed E-state index contributed by atoms with van der Waals surface area (Å²) in [5.41, 5.74) is 0.512. The number of hydrogen-bond donors (Lipinski definition) is 1. The first kappa shape index (κ1) is 19.6. The van der Waals surface area contributed by atoms with Crippen LogP contribution in [0.15, 0.2) is 48.5 Å². The van der Waals surface area contributed by atoms with Crippen molar-refractivity contribution in [2.24, 2.45) is 0 Å². The molecule has 0 bridgehead atoms. The molecule has 0 aromatic heterocycles. The largest absolute Gasteiger partial charge is 0.492 e. The Labute approximate surface area is 157 Å². The number of carbonyl (C=O) groups excluding carboxylic acids is 2. The molecule has 26 heavy (non-hydrogen) atoms. The molecule has 0 aliphatic heterocycles. The molecule has 0 aliphatic rings. The van der Waals surface area contributed by atoms with Crippen molar-refractivity contribution < 1.29 is 23.8 Å². The smallest absolute Gasteiger partial charge is 0.344 e. The van der Waals surface area contributed by atoms with Gasteiger partial charge in [-0.15, -0.1) is 0 Å². The second-order valence-corrected chi connectivity index (χ2v) is 5.73. The van der Waals surface area contributed by atoms with Gasteiger partial charge in [-0.1, -0.05) is 29.8 Å². The Morgan fingerprint density at radius 1 is 1.12 bits per heavy atom. The Morgan fingerprint density at radius 2 is 1.88 bits per heavy atom. The summed E-state index contributed by atoms with van der Waals surface area (Å²) in [6, 6.07) is 13.7. The maximum absolute atomic E-state index is 12.2. The highest BCUT2D eigenvalue weighted by atomic mass is 35.5.